The molecule has 2 fully saturated rings. The third-order valence-electron chi connectivity index (χ3n) is 8.06. The van der Waals surface area contributed by atoms with Gasteiger partial charge in [-0.3, -0.25) is 9.59 Å². The largest absolute Gasteiger partial charge is 0.455 e. The number of hydrogen-bond donors (Lipinski definition) is 4. The molecule has 2 saturated carbocycles. The van der Waals surface area contributed by atoms with Crippen molar-refractivity contribution < 1.29 is 34.8 Å². The first-order valence-electron chi connectivity index (χ1n) is 11.1. The molecule has 0 spiro atoms. The number of carbonyl (C=O) groups is 2. The van der Waals surface area contributed by atoms with E-state index in [2.05, 4.69) is 6.58 Å². The number of aliphatic hydroxyl groups is 4. The zero-order valence-electron chi connectivity index (χ0n) is 19.1. The quantitative estimate of drug-likeness (QED) is 0.284. The van der Waals surface area contributed by atoms with Crippen molar-refractivity contribution in [2.45, 2.75) is 83.2 Å². The summed E-state index contributed by atoms with van der Waals surface area (Å²) in [6.45, 7) is 12.1. The van der Waals surface area contributed by atoms with Crippen molar-refractivity contribution >= 4 is 11.8 Å². The minimum Gasteiger partial charge on any atom is -0.455 e. The second-order valence-electron chi connectivity index (χ2n) is 10.4. The molecule has 174 valence electrons. The SMILES string of the molecule is C=C(C)C(=O)[C@@]1(O)CC(CO)=C[C@H]2[C@@H]3C(C)(C)[C@]3(OC(=O)CCC)[C@H](O)[C@@H](C)[C@]2(O)C1. The fraction of sp³-hybridized carbons (Fsp3) is 0.750. The molecule has 0 saturated heterocycles. The molecule has 7 nitrogen and oxygen atoms in total. The van der Waals surface area contributed by atoms with E-state index in [1.165, 1.54) is 6.92 Å². The Balaban J connectivity index is 2.12. The molecule has 3 rings (SSSR count). The van der Waals surface area contributed by atoms with Crippen LogP contribution in [0.2, 0.25) is 0 Å². The summed E-state index contributed by atoms with van der Waals surface area (Å²) < 4.78 is 5.90. The Kier molecular flexibility index (Phi) is 5.84. The Morgan fingerprint density at radius 2 is 1.90 bits per heavy atom. The number of aliphatic hydroxyl groups excluding tert-OH is 2. The first-order chi connectivity index (χ1) is 14.2. The fourth-order valence-corrected chi connectivity index (χ4v) is 6.42. The second-order valence-corrected chi connectivity index (χ2v) is 10.4. The van der Waals surface area contributed by atoms with Crippen molar-refractivity contribution in [1.29, 1.82) is 0 Å². The third kappa shape index (κ3) is 3.24. The van der Waals surface area contributed by atoms with Gasteiger partial charge in [0.1, 0.15) is 11.2 Å². The molecule has 0 unspecified atom stereocenters. The van der Waals surface area contributed by atoms with Gasteiger partial charge in [0.2, 0.25) is 0 Å². The van der Waals surface area contributed by atoms with Crippen LogP contribution in [0.4, 0.5) is 0 Å². The van der Waals surface area contributed by atoms with Crippen LogP contribution in [0.1, 0.15) is 60.3 Å². The average Bonchev–Trinajstić information content (AvgIpc) is 3.20. The lowest BCUT2D eigenvalue weighted by Crippen LogP contribution is -2.62. The minimum atomic E-state index is -1.95. The Morgan fingerprint density at radius 3 is 2.42 bits per heavy atom. The topological polar surface area (TPSA) is 124 Å². The first kappa shape index (κ1) is 24.1. The van der Waals surface area contributed by atoms with E-state index in [1.807, 2.05) is 20.8 Å². The van der Waals surface area contributed by atoms with Gasteiger partial charge in [-0.15, -0.1) is 0 Å². The lowest BCUT2D eigenvalue weighted by Gasteiger charge is -2.49. The molecular formula is C24H36O7. The summed E-state index contributed by atoms with van der Waals surface area (Å²) in [5.74, 6) is -2.85. The van der Waals surface area contributed by atoms with Gasteiger partial charge in [-0.05, 0) is 24.5 Å². The third-order valence-corrected chi connectivity index (χ3v) is 8.06. The van der Waals surface area contributed by atoms with E-state index in [4.69, 9.17) is 4.74 Å². The van der Waals surface area contributed by atoms with Crippen molar-refractivity contribution in [3.8, 4) is 0 Å². The number of Topliss-reactive ketones (excluding diaryl/α,β-unsaturated/α-hetero) is 1. The number of ether oxygens (including phenoxy) is 1. The Morgan fingerprint density at radius 1 is 1.29 bits per heavy atom. The summed E-state index contributed by atoms with van der Waals surface area (Å²) in [5.41, 5.74) is -4.83. The number of esters is 1. The van der Waals surface area contributed by atoms with Crippen molar-refractivity contribution in [3.05, 3.63) is 23.8 Å². The van der Waals surface area contributed by atoms with Gasteiger partial charge in [0.15, 0.2) is 5.78 Å². The van der Waals surface area contributed by atoms with Gasteiger partial charge in [0.25, 0.3) is 0 Å². The predicted molar refractivity (Wildman–Crippen MR) is 114 cm³/mol. The summed E-state index contributed by atoms with van der Waals surface area (Å²) in [6.07, 6.45) is 0.943. The molecule has 3 aliphatic rings. The molecule has 7 heteroatoms. The van der Waals surface area contributed by atoms with Gasteiger partial charge in [-0.1, -0.05) is 40.3 Å². The van der Waals surface area contributed by atoms with E-state index >= 15 is 0 Å². The summed E-state index contributed by atoms with van der Waals surface area (Å²) in [4.78, 5) is 25.3. The van der Waals surface area contributed by atoms with E-state index in [9.17, 15) is 30.0 Å². The van der Waals surface area contributed by atoms with Gasteiger partial charge >= 0.3 is 5.97 Å². The minimum absolute atomic E-state index is 0.132. The maximum absolute atomic E-state index is 12.8. The number of ketones is 1. The van der Waals surface area contributed by atoms with Gasteiger partial charge in [0.05, 0.1) is 18.3 Å². The van der Waals surface area contributed by atoms with Crippen LogP contribution in [0.5, 0.6) is 0 Å². The zero-order valence-corrected chi connectivity index (χ0v) is 19.1. The molecule has 0 heterocycles. The van der Waals surface area contributed by atoms with Crippen LogP contribution in [0.15, 0.2) is 23.8 Å². The Bertz CT molecular complexity index is 830. The van der Waals surface area contributed by atoms with Crippen molar-refractivity contribution in [2.75, 3.05) is 6.61 Å². The van der Waals surface area contributed by atoms with Crippen LogP contribution < -0.4 is 0 Å². The molecule has 7 atom stereocenters. The highest BCUT2D eigenvalue weighted by Gasteiger charge is 2.85. The molecule has 0 aromatic rings. The molecular weight excluding hydrogens is 400 g/mol. The van der Waals surface area contributed by atoms with Crippen molar-refractivity contribution in [1.82, 2.24) is 0 Å². The molecule has 3 aliphatic carbocycles. The normalized spacial score (nSPS) is 43.1. The van der Waals surface area contributed by atoms with Crippen LogP contribution in [0.3, 0.4) is 0 Å². The highest BCUT2D eigenvalue weighted by atomic mass is 16.6. The monoisotopic (exact) mass is 436 g/mol. The van der Waals surface area contributed by atoms with Crippen LogP contribution in [-0.2, 0) is 14.3 Å². The van der Waals surface area contributed by atoms with E-state index in [0.717, 1.165) is 0 Å². The van der Waals surface area contributed by atoms with Gasteiger partial charge in [0, 0.05) is 42.4 Å². The van der Waals surface area contributed by atoms with E-state index < -0.39 is 57.8 Å². The van der Waals surface area contributed by atoms with E-state index in [0.29, 0.717) is 12.0 Å². The molecule has 4 N–H and O–H groups in total. The Labute approximate surface area is 183 Å². The lowest BCUT2D eigenvalue weighted by atomic mass is 9.63. The number of fused-ring (bicyclic) bond motifs is 3. The molecule has 0 radical (unpaired) electrons. The fourth-order valence-electron chi connectivity index (χ4n) is 6.42. The van der Waals surface area contributed by atoms with Crippen molar-refractivity contribution in [3.63, 3.8) is 0 Å². The highest BCUT2D eigenvalue weighted by molar-refractivity contribution is 6.01. The van der Waals surface area contributed by atoms with Crippen molar-refractivity contribution in [2.24, 2.45) is 23.2 Å². The molecule has 0 aromatic carbocycles. The molecule has 31 heavy (non-hydrogen) atoms. The molecule has 0 aliphatic heterocycles. The predicted octanol–water partition coefficient (Wildman–Crippen LogP) is 1.67. The lowest BCUT2D eigenvalue weighted by molar-refractivity contribution is -0.207. The molecule has 0 amide bonds. The van der Waals surface area contributed by atoms with E-state index in [-0.39, 0.29) is 31.4 Å². The number of hydrogen-bond acceptors (Lipinski definition) is 7. The number of rotatable bonds is 6. The van der Waals surface area contributed by atoms with Gasteiger partial charge in [-0.25, -0.2) is 0 Å². The number of carbonyl (C=O) groups excluding carboxylic acids is 2. The Hall–Kier alpha value is -1.54. The average molecular weight is 437 g/mol. The van der Waals surface area contributed by atoms with Crippen LogP contribution >= 0.6 is 0 Å². The zero-order chi connectivity index (χ0) is 23.6. The second kappa shape index (κ2) is 7.51. The smallest absolute Gasteiger partial charge is 0.306 e. The van der Waals surface area contributed by atoms with Gasteiger partial charge < -0.3 is 25.2 Å². The highest BCUT2D eigenvalue weighted by Crippen LogP contribution is 2.75. The van der Waals surface area contributed by atoms with Crippen LogP contribution in [-0.4, -0.2) is 61.7 Å². The summed E-state index contributed by atoms with van der Waals surface area (Å²) in [6, 6.07) is 0. The van der Waals surface area contributed by atoms with Crippen LogP contribution in [0.25, 0.3) is 0 Å². The van der Waals surface area contributed by atoms with Gasteiger partial charge in [-0.2, -0.15) is 0 Å². The summed E-state index contributed by atoms with van der Waals surface area (Å²) in [5, 5.41) is 44.5. The maximum Gasteiger partial charge on any atom is 0.306 e. The standard InChI is InChI=1S/C24H36O7/c1-7-8-17(26)31-24-18(21(24,5)6)16-9-15(11-25)10-22(29,19(27)13(2)3)12-23(16,30)14(4)20(24)28/h9,14,16,18,20,25,28-30H,2,7-8,10-12H2,1,3-6H3/t14-,16+,18-,20-,22-,23-,24-/m1/s1. The molecule has 0 aromatic heterocycles. The summed E-state index contributed by atoms with van der Waals surface area (Å²) in [7, 11) is 0. The first-order valence-corrected chi connectivity index (χ1v) is 11.1. The van der Waals surface area contributed by atoms with E-state index in [1.54, 1.807) is 13.0 Å². The molecule has 0 bridgehead atoms. The maximum atomic E-state index is 12.8. The van der Waals surface area contributed by atoms with Crippen LogP contribution in [0, 0.1) is 23.2 Å². The summed E-state index contributed by atoms with van der Waals surface area (Å²) >= 11 is 0.